The van der Waals surface area contributed by atoms with Crippen molar-refractivity contribution in [2.45, 2.75) is 6.61 Å². The number of benzene rings is 1. The molecule has 0 aliphatic heterocycles. The number of nitrogens with zero attached hydrogens (tertiary/aromatic N) is 1. The Morgan fingerprint density at radius 1 is 1.40 bits per heavy atom. The summed E-state index contributed by atoms with van der Waals surface area (Å²) in [7, 11) is 1.59. The van der Waals surface area contributed by atoms with Crippen LogP contribution in [0.1, 0.15) is 5.56 Å². The lowest BCUT2D eigenvalue weighted by Crippen LogP contribution is -2.34. The van der Waals surface area contributed by atoms with Crippen molar-refractivity contribution in [3.63, 3.8) is 0 Å². The van der Waals surface area contributed by atoms with E-state index in [9.17, 15) is 8.78 Å². The minimum absolute atomic E-state index is 0.0989. The number of hydrazone groups is 1. The summed E-state index contributed by atoms with van der Waals surface area (Å²) in [6.07, 6.45) is 1.51. The van der Waals surface area contributed by atoms with Gasteiger partial charge in [-0.15, -0.1) is 0 Å². The minimum atomic E-state index is -2.83. The van der Waals surface area contributed by atoms with Crippen molar-refractivity contribution in [3.05, 3.63) is 29.8 Å². The number of hydrogen-bond acceptors (Lipinski definition) is 4. The van der Waals surface area contributed by atoms with Crippen LogP contribution in [0.25, 0.3) is 0 Å². The lowest BCUT2D eigenvalue weighted by Gasteiger charge is -2.06. The highest BCUT2D eigenvalue weighted by Gasteiger charge is 2.02. The van der Waals surface area contributed by atoms with Gasteiger partial charge in [0.1, 0.15) is 5.75 Å². The van der Waals surface area contributed by atoms with Gasteiger partial charge in [0, 0.05) is 13.7 Å². The zero-order chi connectivity index (χ0) is 14.8. The predicted octanol–water partition coefficient (Wildman–Crippen LogP) is 1.73. The number of methoxy groups -OCH3 is 1. The van der Waals surface area contributed by atoms with E-state index in [0.29, 0.717) is 18.3 Å². The molecule has 1 aromatic carbocycles. The van der Waals surface area contributed by atoms with E-state index in [1.54, 1.807) is 19.2 Å². The molecule has 0 unspecified atom stereocenters. The van der Waals surface area contributed by atoms with Crippen molar-refractivity contribution in [2.75, 3.05) is 20.3 Å². The molecule has 0 aliphatic rings. The molecule has 20 heavy (non-hydrogen) atoms. The van der Waals surface area contributed by atoms with Crippen molar-refractivity contribution in [1.82, 2.24) is 10.7 Å². The molecule has 0 fully saturated rings. The second-order valence-corrected chi connectivity index (χ2v) is 3.97. The van der Waals surface area contributed by atoms with E-state index in [1.165, 1.54) is 18.3 Å². The molecule has 8 heteroatoms. The quantitative estimate of drug-likeness (QED) is 0.348. The number of halogens is 2. The van der Waals surface area contributed by atoms with Gasteiger partial charge in [0.25, 0.3) is 0 Å². The van der Waals surface area contributed by atoms with Gasteiger partial charge >= 0.3 is 6.61 Å². The van der Waals surface area contributed by atoms with Crippen LogP contribution in [0, 0.1) is 0 Å². The maximum Gasteiger partial charge on any atom is 0.387 e. The number of hydrogen-bond donors (Lipinski definition) is 2. The van der Waals surface area contributed by atoms with Crippen molar-refractivity contribution < 1.29 is 18.3 Å². The number of alkyl halides is 2. The Kier molecular flexibility index (Phi) is 7.44. The van der Waals surface area contributed by atoms with E-state index in [1.807, 2.05) is 0 Å². The monoisotopic (exact) mass is 303 g/mol. The number of rotatable bonds is 7. The standard InChI is InChI=1S/C12H15F2N3O2S/c1-18-7-6-15-12(20)17-16-8-9-2-4-10(5-3-9)19-11(13)14/h2-5,8,11H,6-7H2,1H3,(H2,15,17,20)/b16-8-. The SMILES string of the molecule is COCCNC(=S)N/N=C\c1ccc(OC(F)F)cc1. The third-order valence-electron chi connectivity index (χ3n) is 2.08. The van der Waals surface area contributed by atoms with Crippen molar-refractivity contribution in [1.29, 1.82) is 0 Å². The average Bonchev–Trinajstić information content (AvgIpc) is 2.40. The summed E-state index contributed by atoms with van der Waals surface area (Å²) in [5, 5.41) is 7.15. The topological polar surface area (TPSA) is 54.9 Å². The molecule has 0 saturated heterocycles. The summed E-state index contributed by atoms with van der Waals surface area (Å²) in [5.41, 5.74) is 3.34. The smallest absolute Gasteiger partial charge is 0.387 e. The molecule has 0 heterocycles. The van der Waals surface area contributed by atoms with E-state index >= 15 is 0 Å². The van der Waals surface area contributed by atoms with Crippen LogP contribution in [0.3, 0.4) is 0 Å². The van der Waals surface area contributed by atoms with Crippen LogP contribution in [0.4, 0.5) is 8.78 Å². The molecule has 0 amide bonds. The fourth-order valence-electron chi connectivity index (χ4n) is 1.21. The molecule has 1 rings (SSSR count). The van der Waals surface area contributed by atoms with Crippen molar-refractivity contribution in [2.24, 2.45) is 5.10 Å². The highest BCUT2D eigenvalue weighted by Crippen LogP contribution is 2.13. The zero-order valence-corrected chi connectivity index (χ0v) is 11.6. The lowest BCUT2D eigenvalue weighted by molar-refractivity contribution is -0.0498. The molecule has 0 saturated carbocycles. The van der Waals surface area contributed by atoms with Gasteiger partial charge in [0.2, 0.25) is 0 Å². The van der Waals surface area contributed by atoms with Gasteiger partial charge in [-0.25, -0.2) is 0 Å². The number of ether oxygens (including phenoxy) is 2. The summed E-state index contributed by atoms with van der Waals surface area (Å²) >= 11 is 4.96. The van der Waals surface area contributed by atoms with E-state index in [0.717, 1.165) is 5.56 Å². The second-order valence-electron chi connectivity index (χ2n) is 3.57. The second kappa shape index (κ2) is 9.16. The van der Waals surface area contributed by atoms with Crippen LogP contribution < -0.4 is 15.5 Å². The van der Waals surface area contributed by atoms with Crippen molar-refractivity contribution >= 4 is 23.5 Å². The Bertz CT molecular complexity index is 441. The highest BCUT2D eigenvalue weighted by molar-refractivity contribution is 7.80. The average molecular weight is 303 g/mol. The van der Waals surface area contributed by atoms with Gasteiger partial charge in [-0.05, 0) is 42.0 Å². The van der Waals surface area contributed by atoms with Crippen LogP contribution in [0.5, 0.6) is 5.75 Å². The molecule has 0 atom stereocenters. The number of thiocarbonyl (C=S) groups is 1. The van der Waals surface area contributed by atoms with Gasteiger partial charge in [0.05, 0.1) is 12.8 Å². The maximum absolute atomic E-state index is 12.0. The molecule has 1 aromatic rings. The molecule has 0 aromatic heterocycles. The molecule has 0 aliphatic carbocycles. The Labute approximate surface area is 121 Å². The summed E-state index contributed by atoms with van der Waals surface area (Å²) in [4.78, 5) is 0. The Hall–Kier alpha value is -1.80. The molecule has 110 valence electrons. The van der Waals surface area contributed by atoms with Crippen LogP contribution >= 0.6 is 12.2 Å². The van der Waals surface area contributed by atoms with Crippen LogP contribution in [-0.4, -0.2) is 38.2 Å². The summed E-state index contributed by atoms with van der Waals surface area (Å²) < 4.78 is 33.0. The molecule has 0 bridgehead atoms. The lowest BCUT2D eigenvalue weighted by atomic mass is 10.2. The molecular formula is C12H15F2N3O2S. The third-order valence-corrected chi connectivity index (χ3v) is 2.31. The molecular weight excluding hydrogens is 288 g/mol. The van der Waals surface area contributed by atoms with Crippen LogP contribution in [0.15, 0.2) is 29.4 Å². The summed E-state index contributed by atoms with van der Waals surface area (Å²) in [6, 6.07) is 6.07. The first-order valence-electron chi connectivity index (χ1n) is 5.72. The minimum Gasteiger partial charge on any atom is -0.435 e. The van der Waals surface area contributed by atoms with E-state index in [-0.39, 0.29) is 5.75 Å². The number of nitrogens with one attached hydrogen (secondary N) is 2. The highest BCUT2D eigenvalue weighted by atomic mass is 32.1. The molecule has 5 nitrogen and oxygen atoms in total. The normalized spacial score (nSPS) is 10.8. The molecule has 0 spiro atoms. The first-order chi connectivity index (χ1) is 9.61. The fraction of sp³-hybridized carbons (Fsp3) is 0.333. The van der Waals surface area contributed by atoms with E-state index < -0.39 is 6.61 Å². The maximum atomic E-state index is 12.0. The largest absolute Gasteiger partial charge is 0.435 e. The van der Waals surface area contributed by atoms with Crippen LogP contribution in [-0.2, 0) is 4.74 Å². The van der Waals surface area contributed by atoms with Gasteiger partial charge in [-0.3, -0.25) is 5.43 Å². The molecule has 2 N–H and O–H groups in total. The van der Waals surface area contributed by atoms with Crippen LogP contribution in [0.2, 0.25) is 0 Å². The third kappa shape index (κ3) is 6.95. The Balaban J connectivity index is 2.36. The first kappa shape index (κ1) is 16.3. The van der Waals surface area contributed by atoms with Gasteiger partial charge in [0.15, 0.2) is 5.11 Å². The molecule has 0 radical (unpaired) electrons. The fourth-order valence-corrected chi connectivity index (χ4v) is 1.36. The van der Waals surface area contributed by atoms with E-state index in [2.05, 4.69) is 20.6 Å². The summed E-state index contributed by atoms with van der Waals surface area (Å²) in [6.45, 7) is -1.71. The Morgan fingerprint density at radius 2 is 2.10 bits per heavy atom. The van der Waals surface area contributed by atoms with Gasteiger partial charge < -0.3 is 14.8 Å². The first-order valence-corrected chi connectivity index (χ1v) is 6.13. The predicted molar refractivity (Wildman–Crippen MR) is 76.3 cm³/mol. The summed E-state index contributed by atoms with van der Waals surface area (Å²) in [5.74, 6) is 0.0989. The Morgan fingerprint density at radius 3 is 2.70 bits per heavy atom. The van der Waals surface area contributed by atoms with Gasteiger partial charge in [-0.2, -0.15) is 13.9 Å². The van der Waals surface area contributed by atoms with Gasteiger partial charge in [-0.1, -0.05) is 0 Å². The van der Waals surface area contributed by atoms with E-state index in [4.69, 9.17) is 17.0 Å². The van der Waals surface area contributed by atoms with Crippen molar-refractivity contribution in [3.8, 4) is 5.75 Å². The zero-order valence-electron chi connectivity index (χ0n) is 10.8.